The van der Waals surface area contributed by atoms with Gasteiger partial charge in [-0.2, -0.15) is 0 Å². The number of rotatable bonds is 5. The topological polar surface area (TPSA) is 36.0 Å². The van der Waals surface area contributed by atoms with Crippen LogP contribution in [0.25, 0.3) is 6.08 Å². The van der Waals surface area contributed by atoms with Crippen LogP contribution in [-0.2, 0) is 9.53 Å². The Bertz CT molecular complexity index is 573. The lowest BCUT2D eigenvalue weighted by Gasteiger charge is -2.40. The molecule has 2 unspecified atom stereocenters. The molecule has 0 aliphatic carbocycles. The molecule has 2 saturated heterocycles. The van der Waals surface area contributed by atoms with E-state index < -0.39 is 0 Å². The van der Waals surface area contributed by atoms with Crippen LogP contribution in [0.1, 0.15) is 17.7 Å². The van der Waals surface area contributed by atoms with Crippen molar-refractivity contribution in [1.29, 1.82) is 0 Å². The summed E-state index contributed by atoms with van der Waals surface area (Å²) in [4.78, 5) is 20.4. The highest BCUT2D eigenvalue weighted by molar-refractivity contribution is 7.10. The summed E-state index contributed by atoms with van der Waals surface area (Å²) in [6.07, 6.45) is 5.82. The number of thiophene rings is 1. The van der Waals surface area contributed by atoms with Crippen LogP contribution in [-0.4, -0.2) is 86.2 Å². The lowest BCUT2D eigenvalue weighted by molar-refractivity contribution is -0.126. The fourth-order valence-electron chi connectivity index (χ4n) is 3.63. The molecule has 2 aliphatic heterocycles. The monoisotopic (exact) mass is 363 g/mol. The van der Waals surface area contributed by atoms with Crippen molar-refractivity contribution in [2.24, 2.45) is 0 Å². The standard InChI is InChI=1S/C19H29N3O2S/c1-20(2)11-12-21-13-14-24-18-8-10-22(9-7-17(18)21)19(23)6-5-16-4-3-15-25-16/h3-6,15,17-18H,7-14H2,1-2H3/b6-5+. The Hall–Kier alpha value is -1.21. The fourth-order valence-corrected chi connectivity index (χ4v) is 4.25. The van der Waals surface area contributed by atoms with E-state index in [2.05, 4.69) is 23.9 Å². The summed E-state index contributed by atoms with van der Waals surface area (Å²) < 4.78 is 6.04. The SMILES string of the molecule is CN(C)CCN1CCOC2CCN(C(=O)/C=C/c3cccs3)CCC21. The largest absolute Gasteiger partial charge is 0.375 e. The first-order chi connectivity index (χ1) is 12.1. The third-order valence-corrected chi connectivity index (χ3v) is 5.90. The van der Waals surface area contributed by atoms with E-state index in [1.807, 2.05) is 28.5 Å². The van der Waals surface area contributed by atoms with E-state index in [-0.39, 0.29) is 12.0 Å². The van der Waals surface area contributed by atoms with Gasteiger partial charge in [-0.05, 0) is 44.5 Å². The summed E-state index contributed by atoms with van der Waals surface area (Å²) in [5.41, 5.74) is 0. The molecule has 25 heavy (non-hydrogen) atoms. The van der Waals surface area contributed by atoms with Gasteiger partial charge in [0.1, 0.15) is 0 Å². The number of likely N-dealkylation sites (tertiary alicyclic amines) is 1. The normalized spacial score (nSPS) is 25.3. The molecule has 1 amide bonds. The Morgan fingerprint density at radius 1 is 1.36 bits per heavy atom. The number of hydrogen-bond acceptors (Lipinski definition) is 5. The van der Waals surface area contributed by atoms with Crippen LogP contribution in [0.3, 0.4) is 0 Å². The zero-order chi connectivity index (χ0) is 17.6. The maximum Gasteiger partial charge on any atom is 0.246 e. The number of amides is 1. The van der Waals surface area contributed by atoms with Crippen LogP contribution >= 0.6 is 11.3 Å². The molecular weight excluding hydrogens is 334 g/mol. The summed E-state index contributed by atoms with van der Waals surface area (Å²) >= 11 is 1.65. The van der Waals surface area contributed by atoms with Crippen molar-refractivity contribution in [1.82, 2.24) is 14.7 Å². The van der Waals surface area contributed by atoms with Crippen molar-refractivity contribution in [2.45, 2.75) is 25.0 Å². The zero-order valence-electron chi connectivity index (χ0n) is 15.3. The highest BCUT2D eigenvalue weighted by Gasteiger charge is 2.35. The van der Waals surface area contributed by atoms with Crippen molar-refractivity contribution in [2.75, 3.05) is 53.4 Å². The zero-order valence-corrected chi connectivity index (χ0v) is 16.1. The number of ether oxygens (including phenoxy) is 1. The molecule has 2 atom stereocenters. The lowest BCUT2D eigenvalue weighted by atomic mass is 10.0. The summed E-state index contributed by atoms with van der Waals surface area (Å²) in [5.74, 6) is 0.117. The van der Waals surface area contributed by atoms with Crippen LogP contribution in [0, 0.1) is 0 Å². The maximum absolute atomic E-state index is 12.5. The highest BCUT2D eigenvalue weighted by Crippen LogP contribution is 2.24. The molecule has 5 nitrogen and oxygen atoms in total. The van der Waals surface area contributed by atoms with Crippen molar-refractivity contribution in [3.05, 3.63) is 28.5 Å². The second-order valence-corrected chi connectivity index (χ2v) is 8.05. The molecule has 0 spiro atoms. The Balaban J connectivity index is 1.57. The minimum absolute atomic E-state index is 0.117. The van der Waals surface area contributed by atoms with Crippen LogP contribution in [0.5, 0.6) is 0 Å². The summed E-state index contributed by atoms with van der Waals surface area (Å²) in [6, 6.07) is 4.47. The molecule has 6 heteroatoms. The number of carbonyl (C=O) groups excluding carboxylic acids is 1. The van der Waals surface area contributed by atoms with E-state index in [1.54, 1.807) is 17.4 Å². The smallest absolute Gasteiger partial charge is 0.246 e. The Labute approximate surface area is 154 Å². The van der Waals surface area contributed by atoms with Crippen LogP contribution in [0.2, 0.25) is 0 Å². The van der Waals surface area contributed by atoms with E-state index in [4.69, 9.17) is 4.74 Å². The predicted molar refractivity (Wildman–Crippen MR) is 103 cm³/mol. The lowest BCUT2D eigenvalue weighted by Crippen LogP contribution is -2.52. The van der Waals surface area contributed by atoms with Gasteiger partial charge < -0.3 is 14.5 Å². The van der Waals surface area contributed by atoms with Gasteiger partial charge in [-0.15, -0.1) is 11.3 Å². The van der Waals surface area contributed by atoms with E-state index >= 15 is 0 Å². The molecule has 0 aromatic carbocycles. The molecule has 2 fully saturated rings. The molecule has 1 aromatic rings. The van der Waals surface area contributed by atoms with Gasteiger partial charge in [0.2, 0.25) is 5.91 Å². The van der Waals surface area contributed by atoms with E-state index in [1.165, 1.54) is 0 Å². The van der Waals surface area contributed by atoms with Gasteiger partial charge in [-0.3, -0.25) is 9.69 Å². The van der Waals surface area contributed by atoms with Crippen molar-refractivity contribution < 1.29 is 9.53 Å². The minimum atomic E-state index is 0.117. The maximum atomic E-state index is 12.5. The van der Waals surface area contributed by atoms with Crippen molar-refractivity contribution in [3.63, 3.8) is 0 Å². The molecule has 0 saturated carbocycles. The fraction of sp³-hybridized carbons (Fsp3) is 0.632. The number of morpholine rings is 1. The Morgan fingerprint density at radius 3 is 2.96 bits per heavy atom. The van der Waals surface area contributed by atoms with Crippen LogP contribution in [0.15, 0.2) is 23.6 Å². The summed E-state index contributed by atoms with van der Waals surface area (Å²) in [6.45, 7) is 5.55. The molecule has 0 N–H and O–H groups in total. The average molecular weight is 364 g/mol. The second-order valence-electron chi connectivity index (χ2n) is 7.07. The van der Waals surface area contributed by atoms with Crippen LogP contribution < -0.4 is 0 Å². The van der Waals surface area contributed by atoms with Crippen molar-refractivity contribution in [3.8, 4) is 0 Å². The predicted octanol–water partition coefficient (Wildman–Crippen LogP) is 2.01. The van der Waals surface area contributed by atoms with Gasteiger partial charge in [0, 0.05) is 49.7 Å². The summed E-state index contributed by atoms with van der Waals surface area (Å²) in [5, 5.41) is 2.03. The molecule has 2 aliphatic rings. The van der Waals surface area contributed by atoms with Crippen LogP contribution in [0.4, 0.5) is 0 Å². The van der Waals surface area contributed by atoms with Gasteiger partial charge in [0.15, 0.2) is 0 Å². The molecule has 138 valence electrons. The molecule has 0 radical (unpaired) electrons. The van der Waals surface area contributed by atoms with Crippen molar-refractivity contribution >= 4 is 23.3 Å². The first kappa shape index (κ1) is 18.6. The number of fused-ring (bicyclic) bond motifs is 1. The number of likely N-dealkylation sites (N-methyl/N-ethyl adjacent to an activating group) is 1. The molecule has 3 rings (SSSR count). The molecule has 1 aromatic heterocycles. The van der Waals surface area contributed by atoms with Gasteiger partial charge in [0.25, 0.3) is 0 Å². The highest BCUT2D eigenvalue weighted by atomic mass is 32.1. The number of hydrogen-bond donors (Lipinski definition) is 0. The minimum Gasteiger partial charge on any atom is -0.375 e. The third-order valence-electron chi connectivity index (χ3n) is 5.07. The van der Waals surface area contributed by atoms with E-state index in [0.29, 0.717) is 6.04 Å². The van der Waals surface area contributed by atoms with Gasteiger partial charge >= 0.3 is 0 Å². The molecule has 0 bridgehead atoms. The molecular formula is C19H29N3O2S. The number of carbonyl (C=O) groups is 1. The Kier molecular flexibility index (Phi) is 6.64. The van der Waals surface area contributed by atoms with E-state index in [0.717, 1.165) is 57.0 Å². The molecule has 3 heterocycles. The van der Waals surface area contributed by atoms with E-state index in [9.17, 15) is 4.79 Å². The first-order valence-electron chi connectivity index (χ1n) is 9.14. The first-order valence-corrected chi connectivity index (χ1v) is 10.0. The van der Waals surface area contributed by atoms with Gasteiger partial charge in [-0.25, -0.2) is 0 Å². The third kappa shape index (κ3) is 5.14. The quantitative estimate of drug-likeness (QED) is 0.750. The van der Waals surface area contributed by atoms with Gasteiger partial charge in [-0.1, -0.05) is 6.07 Å². The second kappa shape index (κ2) is 8.94. The summed E-state index contributed by atoms with van der Waals surface area (Å²) in [7, 11) is 4.23. The number of nitrogens with zero attached hydrogens (tertiary/aromatic N) is 3. The average Bonchev–Trinajstić information content (AvgIpc) is 3.02. The van der Waals surface area contributed by atoms with Gasteiger partial charge in [0.05, 0.1) is 12.7 Å². The Morgan fingerprint density at radius 2 is 2.20 bits per heavy atom.